The number of hydrogen-bond acceptors (Lipinski definition) is 8. The van der Waals surface area contributed by atoms with E-state index in [4.69, 9.17) is 5.73 Å². The van der Waals surface area contributed by atoms with E-state index in [0.29, 0.717) is 35.7 Å². The Labute approximate surface area is 210 Å². The van der Waals surface area contributed by atoms with Crippen molar-refractivity contribution in [1.82, 2.24) is 15.0 Å². The van der Waals surface area contributed by atoms with E-state index in [1.807, 2.05) is 22.9 Å². The molecule has 2 aliphatic rings. The Morgan fingerprint density at radius 2 is 2.06 bits per heavy atom. The number of carbonyl (C=O) groups excluding carboxylic acids is 1. The number of nitrogens with one attached hydrogen (secondary N) is 1. The van der Waals surface area contributed by atoms with Crippen LogP contribution in [0.25, 0.3) is 11.4 Å². The lowest BCUT2D eigenvalue weighted by molar-refractivity contribution is 0.0976. The zero-order valence-corrected chi connectivity index (χ0v) is 20.1. The predicted molar refractivity (Wildman–Crippen MR) is 137 cm³/mol. The van der Waals surface area contributed by atoms with Crippen LogP contribution in [0, 0.1) is 5.82 Å². The summed E-state index contributed by atoms with van der Waals surface area (Å²) in [5.41, 5.74) is 10.1. The zero-order valence-electron chi connectivity index (χ0n) is 19.2. The second-order valence-electron chi connectivity index (χ2n) is 8.96. The van der Waals surface area contributed by atoms with Gasteiger partial charge in [0.05, 0.1) is 23.5 Å². The van der Waals surface area contributed by atoms with Crippen molar-refractivity contribution in [3.05, 3.63) is 75.2 Å². The highest BCUT2D eigenvalue weighted by atomic mass is 32.1. The fourth-order valence-corrected chi connectivity index (χ4v) is 5.30. The first-order chi connectivity index (χ1) is 17.5. The second-order valence-corrected chi connectivity index (χ2v) is 9.74. The summed E-state index contributed by atoms with van der Waals surface area (Å²) in [6.45, 7) is 0.00424. The number of halogens is 1. The van der Waals surface area contributed by atoms with E-state index in [-0.39, 0.29) is 29.9 Å². The summed E-state index contributed by atoms with van der Waals surface area (Å²) < 4.78 is 15.1. The van der Waals surface area contributed by atoms with Crippen molar-refractivity contribution in [1.29, 1.82) is 0 Å². The van der Waals surface area contributed by atoms with Crippen LogP contribution in [0.1, 0.15) is 45.8 Å². The van der Waals surface area contributed by atoms with Gasteiger partial charge in [0.2, 0.25) is 11.9 Å². The molecule has 0 atom stereocenters. The van der Waals surface area contributed by atoms with Gasteiger partial charge in [-0.2, -0.15) is 26.3 Å². The van der Waals surface area contributed by atoms with Crippen LogP contribution in [-0.4, -0.2) is 32.5 Å². The molecule has 0 saturated heterocycles. The Hall–Kier alpha value is -3.89. The third-order valence-corrected chi connectivity index (χ3v) is 7.26. The van der Waals surface area contributed by atoms with Crippen LogP contribution in [0.15, 0.2) is 47.2 Å². The molecule has 2 aromatic heterocycles. The van der Waals surface area contributed by atoms with Crippen LogP contribution in [0.3, 0.4) is 0 Å². The molecule has 3 heterocycles. The van der Waals surface area contributed by atoms with Crippen molar-refractivity contribution in [3.63, 3.8) is 0 Å². The Morgan fingerprint density at radius 1 is 1.19 bits per heavy atom. The first kappa shape index (κ1) is 22.6. The summed E-state index contributed by atoms with van der Waals surface area (Å²) in [5.74, 6) is 0.0436. The standard InChI is InChI=1S/C26H23FN6O2S/c27-20-11-16(14-4-5-14)10-15-6-8-33(24(35)22(15)20)21-3-1-2-18(19(21)12-34)23-30-25(28)32-26(31-23)29-17-7-9-36-13-17/h1-3,7,9-11,13-14,34H,4-6,8,12H2,(H3,28,29,30,31,32). The maximum absolute atomic E-state index is 15.1. The molecule has 1 saturated carbocycles. The number of carbonyl (C=O) groups is 1. The number of aliphatic hydroxyl groups is 1. The summed E-state index contributed by atoms with van der Waals surface area (Å²) in [7, 11) is 0. The van der Waals surface area contributed by atoms with Gasteiger partial charge in [0.1, 0.15) is 5.82 Å². The first-order valence-electron chi connectivity index (χ1n) is 11.7. The van der Waals surface area contributed by atoms with Crippen LogP contribution in [0.4, 0.5) is 27.7 Å². The summed E-state index contributed by atoms with van der Waals surface area (Å²) in [6.07, 6.45) is 2.66. The number of aliphatic hydroxyl groups excluding tert-OH is 1. The number of aromatic nitrogens is 3. The molecular formula is C26H23FN6O2S. The summed E-state index contributed by atoms with van der Waals surface area (Å²) >= 11 is 1.53. The fraction of sp³-hybridized carbons (Fsp3) is 0.231. The summed E-state index contributed by atoms with van der Waals surface area (Å²) in [6, 6.07) is 10.6. The topological polar surface area (TPSA) is 117 Å². The van der Waals surface area contributed by atoms with Gasteiger partial charge in [-0.1, -0.05) is 18.2 Å². The maximum atomic E-state index is 15.1. The van der Waals surface area contributed by atoms with Crippen LogP contribution in [-0.2, 0) is 13.0 Å². The molecule has 8 nitrogen and oxygen atoms in total. The van der Waals surface area contributed by atoms with E-state index >= 15 is 4.39 Å². The van der Waals surface area contributed by atoms with Gasteiger partial charge < -0.3 is 21.1 Å². The highest BCUT2D eigenvalue weighted by molar-refractivity contribution is 7.08. The van der Waals surface area contributed by atoms with E-state index in [0.717, 1.165) is 29.7 Å². The van der Waals surface area contributed by atoms with Gasteiger partial charge in [0, 0.05) is 23.1 Å². The molecule has 0 spiro atoms. The summed E-state index contributed by atoms with van der Waals surface area (Å²) in [5, 5.41) is 17.3. The molecule has 4 N–H and O–H groups in total. The zero-order chi connectivity index (χ0) is 24.8. The molecule has 2 aromatic carbocycles. The van der Waals surface area contributed by atoms with Gasteiger partial charge in [-0.3, -0.25) is 4.79 Å². The number of amides is 1. The smallest absolute Gasteiger partial charge is 0.261 e. The third kappa shape index (κ3) is 4.08. The number of hydrogen-bond donors (Lipinski definition) is 3. The van der Waals surface area contributed by atoms with E-state index in [2.05, 4.69) is 20.3 Å². The number of nitrogens with two attached hydrogens (primary N) is 1. The lowest BCUT2D eigenvalue weighted by atomic mass is 9.93. The number of benzene rings is 2. The molecule has 0 bridgehead atoms. The van der Waals surface area contributed by atoms with Crippen molar-refractivity contribution in [2.24, 2.45) is 0 Å². The maximum Gasteiger partial charge on any atom is 0.261 e. The van der Waals surface area contributed by atoms with Crippen LogP contribution >= 0.6 is 11.3 Å². The Bertz CT molecular complexity index is 1470. The first-order valence-corrected chi connectivity index (χ1v) is 12.6. The van der Waals surface area contributed by atoms with Gasteiger partial charge in [0.25, 0.3) is 5.91 Å². The molecule has 1 fully saturated rings. The van der Waals surface area contributed by atoms with Gasteiger partial charge in [0.15, 0.2) is 5.82 Å². The van der Waals surface area contributed by atoms with Crippen molar-refractivity contribution in [3.8, 4) is 11.4 Å². The largest absolute Gasteiger partial charge is 0.392 e. The average Bonchev–Trinajstić information content (AvgIpc) is 3.60. The second kappa shape index (κ2) is 8.96. The molecule has 36 heavy (non-hydrogen) atoms. The SMILES string of the molecule is Nc1nc(Nc2ccsc2)nc(-c2cccc(N3CCc4cc(C5CC5)cc(F)c4C3=O)c2CO)n1. The molecule has 6 rings (SSSR count). The minimum Gasteiger partial charge on any atom is -0.392 e. The number of fused-ring (bicyclic) bond motifs is 1. The molecule has 1 aliphatic carbocycles. The van der Waals surface area contributed by atoms with E-state index in [1.54, 1.807) is 18.2 Å². The Kier molecular flexibility index (Phi) is 5.62. The van der Waals surface area contributed by atoms with Gasteiger partial charge in [-0.15, -0.1) is 0 Å². The van der Waals surface area contributed by atoms with E-state index in [1.165, 1.54) is 22.3 Å². The number of anilines is 4. The molecule has 10 heteroatoms. The lowest BCUT2D eigenvalue weighted by Gasteiger charge is -2.31. The molecule has 1 aliphatic heterocycles. The highest BCUT2D eigenvalue weighted by Gasteiger charge is 2.33. The number of thiophene rings is 1. The van der Waals surface area contributed by atoms with Crippen LogP contribution in [0.2, 0.25) is 0 Å². The van der Waals surface area contributed by atoms with Crippen molar-refractivity contribution in [2.45, 2.75) is 31.8 Å². The van der Waals surface area contributed by atoms with Gasteiger partial charge in [-0.05, 0) is 59.9 Å². The van der Waals surface area contributed by atoms with Crippen molar-refractivity contribution >= 4 is 40.5 Å². The molecule has 4 aromatic rings. The summed E-state index contributed by atoms with van der Waals surface area (Å²) in [4.78, 5) is 27.9. The van der Waals surface area contributed by atoms with Gasteiger partial charge in [-0.25, -0.2) is 4.39 Å². The normalized spacial score (nSPS) is 15.2. The molecule has 0 radical (unpaired) electrons. The molecule has 0 unspecified atom stereocenters. The van der Waals surface area contributed by atoms with Crippen LogP contribution < -0.4 is 16.0 Å². The average molecular weight is 503 g/mol. The van der Waals surface area contributed by atoms with Crippen molar-refractivity contribution in [2.75, 3.05) is 22.5 Å². The van der Waals surface area contributed by atoms with Crippen molar-refractivity contribution < 1.29 is 14.3 Å². The number of nitrogens with zero attached hydrogens (tertiary/aromatic N) is 4. The Morgan fingerprint density at radius 3 is 2.81 bits per heavy atom. The molecule has 182 valence electrons. The predicted octanol–water partition coefficient (Wildman–Crippen LogP) is 4.64. The number of nitrogen functional groups attached to an aromatic ring is 1. The quantitative estimate of drug-likeness (QED) is 0.352. The van der Waals surface area contributed by atoms with E-state index < -0.39 is 11.7 Å². The minimum atomic E-state index is -0.486. The third-order valence-electron chi connectivity index (χ3n) is 6.58. The van der Waals surface area contributed by atoms with Gasteiger partial charge >= 0.3 is 0 Å². The lowest BCUT2D eigenvalue weighted by Crippen LogP contribution is -2.39. The fourth-order valence-electron chi connectivity index (χ4n) is 4.71. The van der Waals surface area contributed by atoms with E-state index in [9.17, 15) is 9.90 Å². The molecule has 1 amide bonds. The molecular weight excluding hydrogens is 479 g/mol. The minimum absolute atomic E-state index is 0.0172. The van der Waals surface area contributed by atoms with Crippen LogP contribution in [0.5, 0.6) is 0 Å². The highest BCUT2D eigenvalue weighted by Crippen LogP contribution is 2.42. The number of rotatable bonds is 6. The monoisotopic (exact) mass is 502 g/mol. The Balaban J connectivity index is 1.38.